The van der Waals surface area contributed by atoms with Gasteiger partial charge in [0.2, 0.25) is 0 Å². The Hall–Kier alpha value is -1.47. The van der Waals surface area contributed by atoms with E-state index in [9.17, 15) is 23.1 Å². The van der Waals surface area contributed by atoms with Gasteiger partial charge in [0.1, 0.15) is 0 Å². The SMILES string of the molecule is COC(=O)c1ccc(C(F)(F)F)cc1NCC(O)CCl. The van der Waals surface area contributed by atoms with Gasteiger partial charge in [-0.15, -0.1) is 11.6 Å². The largest absolute Gasteiger partial charge is 0.465 e. The lowest BCUT2D eigenvalue weighted by Gasteiger charge is -2.15. The summed E-state index contributed by atoms with van der Waals surface area (Å²) in [5.74, 6) is -0.860. The number of benzene rings is 1. The number of hydrogen-bond donors (Lipinski definition) is 2. The summed E-state index contributed by atoms with van der Waals surface area (Å²) in [6, 6.07) is 2.59. The van der Waals surface area contributed by atoms with Gasteiger partial charge in [0, 0.05) is 12.2 Å². The lowest BCUT2D eigenvalue weighted by atomic mass is 10.1. The smallest absolute Gasteiger partial charge is 0.416 e. The first-order chi connectivity index (χ1) is 9.29. The molecule has 1 aromatic carbocycles. The van der Waals surface area contributed by atoms with Crippen molar-refractivity contribution in [3.63, 3.8) is 0 Å². The van der Waals surface area contributed by atoms with E-state index in [1.807, 2.05) is 0 Å². The molecule has 0 radical (unpaired) electrons. The molecule has 0 aliphatic heterocycles. The van der Waals surface area contributed by atoms with Gasteiger partial charge in [0.05, 0.1) is 30.2 Å². The van der Waals surface area contributed by atoms with Crippen LogP contribution in [0, 0.1) is 0 Å². The number of aliphatic hydroxyl groups is 1. The number of esters is 1. The van der Waals surface area contributed by atoms with E-state index in [0.717, 1.165) is 25.3 Å². The lowest BCUT2D eigenvalue weighted by molar-refractivity contribution is -0.137. The highest BCUT2D eigenvalue weighted by atomic mass is 35.5. The molecule has 0 aliphatic carbocycles. The third-order valence-corrected chi connectivity index (χ3v) is 2.81. The lowest BCUT2D eigenvalue weighted by Crippen LogP contribution is -2.22. The van der Waals surface area contributed by atoms with E-state index in [1.165, 1.54) is 0 Å². The van der Waals surface area contributed by atoms with Crippen LogP contribution in [0.5, 0.6) is 0 Å². The molecular formula is C12H13ClF3NO3. The van der Waals surface area contributed by atoms with Gasteiger partial charge >= 0.3 is 12.1 Å². The summed E-state index contributed by atoms with van der Waals surface area (Å²) in [5.41, 5.74) is -1.04. The van der Waals surface area contributed by atoms with Crippen molar-refractivity contribution < 1.29 is 27.8 Å². The molecule has 0 aliphatic rings. The fraction of sp³-hybridized carbons (Fsp3) is 0.417. The van der Waals surface area contributed by atoms with E-state index >= 15 is 0 Å². The van der Waals surface area contributed by atoms with E-state index in [1.54, 1.807) is 0 Å². The predicted molar refractivity (Wildman–Crippen MR) is 68.0 cm³/mol. The Morgan fingerprint density at radius 1 is 1.50 bits per heavy atom. The number of methoxy groups -OCH3 is 1. The van der Waals surface area contributed by atoms with Crippen LogP contribution >= 0.6 is 11.6 Å². The van der Waals surface area contributed by atoms with Gasteiger partial charge in [0.25, 0.3) is 0 Å². The van der Waals surface area contributed by atoms with Crippen LogP contribution in [-0.2, 0) is 10.9 Å². The number of alkyl halides is 4. The topological polar surface area (TPSA) is 58.6 Å². The Kier molecular flexibility index (Phi) is 5.64. The van der Waals surface area contributed by atoms with Gasteiger partial charge in [-0.2, -0.15) is 13.2 Å². The molecule has 1 unspecified atom stereocenters. The molecular weight excluding hydrogens is 299 g/mol. The predicted octanol–water partition coefficient (Wildman–Crippen LogP) is 2.50. The third kappa shape index (κ3) is 4.28. The first kappa shape index (κ1) is 16.6. The molecule has 0 aromatic heterocycles. The molecule has 8 heteroatoms. The molecule has 1 rings (SSSR count). The maximum Gasteiger partial charge on any atom is 0.416 e. The quantitative estimate of drug-likeness (QED) is 0.648. The normalized spacial score (nSPS) is 12.9. The van der Waals surface area contributed by atoms with Gasteiger partial charge in [0.15, 0.2) is 0 Å². The van der Waals surface area contributed by atoms with Crippen molar-refractivity contribution in [3.8, 4) is 0 Å². The molecule has 0 fully saturated rings. The van der Waals surface area contributed by atoms with Gasteiger partial charge in [-0.25, -0.2) is 4.79 Å². The van der Waals surface area contributed by atoms with Gasteiger partial charge in [-0.1, -0.05) is 0 Å². The third-order valence-electron chi connectivity index (χ3n) is 2.46. The maximum atomic E-state index is 12.6. The average Bonchev–Trinajstić information content (AvgIpc) is 2.42. The summed E-state index contributed by atoms with van der Waals surface area (Å²) >= 11 is 5.39. The molecule has 0 saturated carbocycles. The Balaban J connectivity index is 3.09. The van der Waals surface area contributed by atoms with Gasteiger partial charge < -0.3 is 15.2 Å². The molecule has 20 heavy (non-hydrogen) atoms. The van der Waals surface area contributed by atoms with E-state index in [4.69, 9.17) is 11.6 Å². The number of halogens is 4. The summed E-state index contributed by atoms with van der Waals surface area (Å²) in [5, 5.41) is 11.9. The summed E-state index contributed by atoms with van der Waals surface area (Å²) < 4.78 is 42.4. The minimum atomic E-state index is -4.53. The van der Waals surface area contributed by atoms with Crippen molar-refractivity contribution >= 4 is 23.3 Å². The van der Waals surface area contributed by atoms with Crippen molar-refractivity contribution in [2.24, 2.45) is 0 Å². The molecule has 0 heterocycles. The number of rotatable bonds is 5. The van der Waals surface area contributed by atoms with Crippen LogP contribution < -0.4 is 5.32 Å². The molecule has 0 saturated heterocycles. The van der Waals surface area contributed by atoms with Crippen LogP contribution in [0.15, 0.2) is 18.2 Å². The van der Waals surface area contributed by atoms with Crippen LogP contribution in [0.4, 0.5) is 18.9 Å². The van der Waals surface area contributed by atoms with Crippen molar-refractivity contribution in [3.05, 3.63) is 29.3 Å². The van der Waals surface area contributed by atoms with Crippen LogP contribution in [0.2, 0.25) is 0 Å². The summed E-state index contributed by atoms with van der Waals surface area (Å²) in [4.78, 5) is 11.5. The number of nitrogens with one attached hydrogen (secondary N) is 1. The second kappa shape index (κ2) is 6.81. The highest BCUT2D eigenvalue weighted by Crippen LogP contribution is 2.32. The second-order valence-corrected chi connectivity index (χ2v) is 4.25. The number of aliphatic hydroxyl groups excluding tert-OH is 1. The van der Waals surface area contributed by atoms with Gasteiger partial charge in [-0.3, -0.25) is 0 Å². The molecule has 0 amide bonds. The fourth-order valence-electron chi connectivity index (χ4n) is 1.44. The number of carbonyl (C=O) groups excluding carboxylic acids is 1. The highest BCUT2D eigenvalue weighted by molar-refractivity contribution is 6.18. The van der Waals surface area contributed by atoms with Crippen LogP contribution in [0.25, 0.3) is 0 Å². The van der Waals surface area contributed by atoms with Crippen molar-refractivity contribution in [2.45, 2.75) is 12.3 Å². The van der Waals surface area contributed by atoms with E-state index in [0.29, 0.717) is 0 Å². The molecule has 4 nitrogen and oxygen atoms in total. The fourth-order valence-corrected chi connectivity index (χ4v) is 1.55. The van der Waals surface area contributed by atoms with Crippen LogP contribution in [-0.4, -0.2) is 36.7 Å². The number of ether oxygens (including phenoxy) is 1. The first-order valence-electron chi connectivity index (χ1n) is 5.57. The van der Waals surface area contributed by atoms with E-state index in [-0.39, 0.29) is 23.7 Å². The first-order valence-corrected chi connectivity index (χ1v) is 6.10. The maximum absolute atomic E-state index is 12.6. The zero-order valence-corrected chi connectivity index (χ0v) is 11.3. The molecule has 1 aromatic rings. The number of carbonyl (C=O) groups is 1. The van der Waals surface area contributed by atoms with Crippen molar-refractivity contribution in [2.75, 3.05) is 24.9 Å². The average molecular weight is 312 g/mol. The van der Waals surface area contributed by atoms with E-state index in [2.05, 4.69) is 10.1 Å². The Bertz CT molecular complexity index is 480. The molecule has 2 N–H and O–H groups in total. The Morgan fingerprint density at radius 3 is 2.65 bits per heavy atom. The summed E-state index contributed by atoms with van der Waals surface area (Å²) in [6.45, 7) is -0.0885. The zero-order valence-electron chi connectivity index (χ0n) is 10.5. The summed E-state index contributed by atoms with van der Waals surface area (Å²) in [6.07, 6.45) is -5.48. The molecule has 0 spiro atoms. The standard InChI is InChI=1S/C12H13ClF3NO3/c1-20-11(19)9-3-2-7(12(14,15)16)4-10(9)17-6-8(18)5-13/h2-4,8,17-18H,5-6H2,1H3. The highest BCUT2D eigenvalue weighted by Gasteiger charge is 2.31. The number of hydrogen-bond acceptors (Lipinski definition) is 4. The zero-order chi connectivity index (χ0) is 15.3. The van der Waals surface area contributed by atoms with Crippen molar-refractivity contribution in [1.29, 1.82) is 0 Å². The Labute approximate surface area is 118 Å². The minimum Gasteiger partial charge on any atom is -0.465 e. The number of anilines is 1. The second-order valence-electron chi connectivity index (χ2n) is 3.94. The summed E-state index contributed by atoms with van der Waals surface area (Å²) in [7, 11) is 1.12. The van der Waals surface area contributed by atoms with Crippen molar-refractivity contribution in [1.82, 2.24) is 0 Å². The molecule has 112 valence electrons. The monoisotopic (exact) mass is 311 g/mol. The van der Waals surface area contributed by atoms with E-state index < -0.39 is 23.8 Å². The Morgan fingerprint density at radius 2 is 2.15 bits per heavy atom. The van der Waals surface area contributed by atoms with Gasteiger partial charge in [-0.05, 0) is 18.2 Å². The molecule has 0 bridgehead atoms. The van der Waals surface area contributed by atoms with Crippen LogP contribution in [0.1, 0.15) is 15.9 Å². The van der Waals surface area contributed by atoms with Crippen LogP contribution in [0.3, 0.4) is 0 Å². The minimum absolute atomic E-state index is 0.0535. The molecule has 1 atom stereocenters.